The molecule has 2 aromatic carbocycles. The van der Waals surface area contributed by atoms with E-state index in [1.165, 1.54) is 6.33 Å². The lowest BCUT2D eigenvalue weighted by Crippen LogP contribution is -2.03. The number of methoxy groups -OCH3 is 1. The smallest absolute Gasteiger partial charge is 0.373 e. The van der Waals surface area contributed by atoms with Gasteiger partial charge < -0.3 is 14.8 Å². The molecule has 3 aromatic rings. The van der Waals surface area contributed by atoms with Crippen LogP contribution in [-0.4, -0.2) is 22.0 Å². The van der Waals surface area contributed by atoms with E-state index in [4.69, 9.17) is 9.47 Å². The zero-order chi connectivity index (χ0) is 19.4. The normalized spacial score (nSPS) is 10.3. The molecule has 0 amide bonds. The summed E-state index contributed by atoms with van der Waals surface area (Å²) in [5, 5.41) is 14.6. The Morgan fingerprint density at radius 3 is 2.26 bits per heavy atom. The largest absolute Gasteiger partial charge is 0.497 e. The minimum absolute atomic E-state index is 0.0412. The van der Waals surface area contributed by atoms with E-state index in [9.17, 15) is 10.1 Å². The Balaban J connectivity index is 1.95. The molecule has 0 aliphatic heterocycles. The van der Waals surface area contributed by atoms with E-state index in [1.807, 2.05) is 19.9 Å². The Labute approximate surface area is 156 Å². The van der Waals surface area contributed by atoms with Gasteiger partial charge in [-0.3, -0.25) is 10.1 Å². The Hall–Kier alpha value is -3.68. The molecule has 0 saturated carbocycles. The first-order valence-electron chi connectivity index (χ1n) is 8.13. The molecular weight excluding hydrogens is 348 g/mol. The van der Waals surface area contributed by atoms with Crippen molar-refractivity contribution in [3.05, 3.63) is 70.0 Å². The third-order valence-corrected chi connectivity index (χ3v) is 3.73. The van der Waals surface area contributed by atoms with E-state index in [1.54, 1.807) is 43.5 Å². The second-order valence-corrected chi connectivity index (χ2v) is 5.91. The van der Waals surface area contributed by atoms with Gasteiger partial charge in [-0.2, -0.15) is 4.98 Å². The standard InChI is InChI=1S/C19H18N4O4/c1-12-8-13(2)10-16(9-12)27-19-17(23(24)25)18(20-11-21-19)22-14-4-6-15(26-3)7-5-14/h4-11H,1-3H3,(H,20,21,22). The fourth-order valence-corrected chi connectivity index (χ4v) is 2.61. The highest BCUT2D eigenvalue weighted by Gasteiger charge is 2.25. The van der Waals surface area contributed by atoms with Crippen LogP contribution in [0.2, 0.25) is 0 Å². The first-order chi connectivity index (χ1) is 13.0. The number of nitrogens with zero attached hydrogens (tertiary/aromatic N) is 3. The third-order valence-electron chi connectivity index (χ3n) is 3.73. The fourth-order valence-electron chi connectivity index (χ4n) is 2.61. The van der Waals surface area contributed by atoms with Crippen LogP contribution in [0.25, 0.3) is 0 Å². The van der Waals surface area contributed by atoms with Gasteiger partial charge in [0.05, 0.1) is 12.0 Å². The first kappa shape index (κ1) is 18.1. The molecular formula is C19H18N4O4. The van der Waals surface area contributed by atoms with Gasteiger partial charge in [0, 0.05) is 5.69 Å². The average molecular weight is 366 g/mol. The van der Waals surface area contributed by atoms with Crippen molar-refractivity contribution in [2.24, 2.45) is 0 Å². The topological polar surface area (TPSA) is 99.4 Å². The van der Waals surface area contributed by atoms with Crippen LogP contribution in [0, 0.1) is 24.0 Å². The SMILES string of the molecule is COc1ccc(Nc2ncnc(Oc3cc(C)cc(C)c3)c2[N+](=O)[O-])cc1. The van der Waals surface area contributed by atoms with Gasteiger partial charge in [0.2, 0.25) is 5.82 Å². The molecule has 1 N–H and O–H groups in total. The predicted octanol–water partition coefficient (Wildman–Crippen LogP) is 4.55. The van der Waals surface area contributed by atoms with Crippen molar-refractivity contribution in [1.29, 1.82) is 0 Å². The monoisotopic (exact) mass is 366 g/mol. The molecule has 0 unspecified atom stereocenters. The van der Waals surface area contributed by atoms with Gasteiger partial charge in [-0.25, -0.2) is 4.98 Å². The van der Waals surface area contributed by atoms with Crippen molar-refractivity contribution in [2.75, 3.05) is 12.4 Å². The van der Waals surface area contributed by atoms with Crippen LogP contribution >= 0.6 is 0 Å². The molecule has 0 aliphatic carbocycles. The van der Waals surface area contributed by atoms with Crippen LogP contribution in [0.1, 0.15) is 11.1 Å². The number of hydrogen-bond acceptors (Lipinski definition) is 7. The van der Waals surface area contributed by atoms with E-state index in [-0.39, 0.29) is 17.4 Å². The average Bonchev–Trinajstić information content (AvgIpc) is 2.61. The van der Waals surface area contributed by atoms with Gasteiger partial charge >= 0.3 is 11.6 Å². The van der Waals surface area contributed by atoms with Gasteiger partial charge in [0.15, 0.2) is 0 Å². The maximum atomic E-state index is 11.6. The second-order valence-electron chi connectivity index (χ2n) is 5.91. The van der Waals surface area contributed by atoms with Crippen molar-refractivity contribution in [2.45, 2.75) is 13.8 Å². The van der Waals surface area contributed by atoms with Gasteiger partial charge in [-0.1, -0.05) is 6.07 Å². The lowest BCUT2D eigenvalue weighted by Gasteiger charge is -2.10. The van der Waals surface area contributed by atoms with Crippen molar-refractivity contribution in [3.63, 3.8) is 0 Å². The summed E-state index contributed by atoms with van der Waals surface area (Å²) in [6.45, 7) is 3.84. The zero-order valence-corrected chi connectivity index (χ0v) is 15.1. The zero-order valence-electron chi connectivity index (χ0n) is 15.1. The number of aromatic nitrogens is 2. The van der Waals surface area contributed by atoms with E-state index in [0.29, 0.717) is 17.2 Å². The van der Waals surface area contributed by atoms with Crippen molar-refractivity contribution in [3.8, 4) is 17.4 Å². The van der Waals surface area contributed by atoms with Gasteiger partial charge in [-0.05, 0) is 61.4 Å². The Bertz CT molecular complexity index is 954. The molecule has 0 aliphatic rings. The van der Waals surface area contributed by atoms with Crippen molar-refractivity contribution >= 4 is 17.2 Å². The molecule has 0 bridgehead atoms. The minimum atomic E-state index is -0.566. The molecule has 0 fully saturated rings. The van der Waals surface area contributed by atoms with E-state index in [2.05, 4.69) is 15.3 Å². The summed E-state index contributed by atoms with van der Waals surface area (Å²) in [4.78, 5) is 19.0. The highest BCUT2D eigenvalue weighted by molar-refractivity contribution is 5.69. The van der Waals surface area contributed by atoms with Crippen LogP contribution in [0.5, 0.6) is 17.4 Å². The summed E-state index contributed by atoms with van der Waals surface area (Å²) in [7, 11) is 1.56. The number of aryl methyl sites for hydroxylation is 2. The predicted molar refractivity (Wildman–Crippen MR) is 101 cm³/mol. The van der Waals surface area contributed by atoms with E-state index < -0.39 is 4.92 Å². The summed E-state index contributed by atoms with van der Waals surface area (Å²) >= 11 is 0. The molecule has 1 aromatic heterocycles. The first-order valence-corrected chi connectivity index (χ1v) is 8.13. The highest BCUT2D eigenvalue weighted by Crippen LogP contribution is 2.36. The lowest BCUT2D eigenvalue weighted by molar-refractivity contribution is -0.385. The quantitative estimate of drug-likeness (QED) is 0.505. The van der Waals surface area contributed by atoms with Crippen molar-refractivity contribution < 1.29 is 14.4 Å². The Kier molecular flexibility index (Phi) is 5.16. The summed E-state index contributed by atoms with van der Waals surface area (Å²) in [6.07, 6.45) is 1.22. The number of anilines is 2. The molecule has 27 heavy (non-hydrogen) atoms. The fraction of sp³-hybridized carbons (Fsp3) is 0.158. The number of hydrogen-bond donors (Lipinski definition) is 1. The van der Waals surface area contributed by atoms with Crippen LogP contribution < -0.4 is 14.8 Å². The molecule has 138 valence electrons. The van der Waals surface area contributed by atoms with Gasteiger partial charge in [0.1, 0.15) is 17.8 Å². The molecule has 0 radical (unpaired) electrons. The summed E-state index contributed by atoms with van der Waals surface area (Å²) < 4.78 is 10.8. The number of nitro groups is 1. The molecule has 3 rings (SSSR count). The van der Waals surface area contributed by atoms with Gasteiger partial charge in [-0.15, -0.1) is 0 Å². The van der Waals surface area contributed by atoms with Crippen LogP contribution in [0.15, 0.2) is 48.8 Å². The summed E-state index contributed by atoms with van der Waals surface area (Å²) in [5.41, 5.74) is 2.25. The van der Waals surface area contributed by atoms with Gasteiger partial charge in [0.25, 0.3) is 0 Å². The van der Waals surface area contributed by atoms with Crippen LogP contribution in [-0.2, 0) is 0 Å². The van der Waals surface area contributed by atoms with E-state index in [0.717, 1.165) is 11.1 Å². The molecule has 8 heteroatoms. The Morgan fingerprint density at radius 1 is 1.00 bits per heavy atom. The third kappa shape index (κ3) is 4.30. The van der Waals surface area contributed by atoms with Crippen LogP contribution in [0.3, 0.4) is 0 Å². The summed E-state index contributed by atoms with van der Waals surface area (Å²) in [5.74, 6) is 1.07. The lowest BCUT2D eigenvalue weighted by atomic mass is 10.1. The summed E-state index contributed by atoms with van der Waals surface area (Å²) in [6, 6.07) is 12.5. The second kappa shape index (κ2) is 7.69. The van der Waals surface area contributed by atoms with E-state index >= 15 is 0 Å². The number of nitrogens with one attached hydrogen (secondary N) is 1. The van der Waals surface area contributed by atoms with Crippen molar-refractivity contribution in [1.82, 2.24) is 9.97 Å². The maximum Gasteiger partial charge on any atom is 0.373 e. The molecule has 0 atom stereocenters. The molecule has 0 spiro atoms. The number of rotatable bonds is 6. The van der Waals surface area contributed by atoms with Crippen LogP contribution in [0.4, 0.5) is 17.2 Å². The minimum Gasteiger partial charge on any atom is -0.497 e. The number of ether oxygens (including phenoxy) is 2. The highest BCUT2D eigenvalue weighted by atomic mass is 16.6. The maximum absolute atomic E-state index is 11.6. The Morgan fingerprint density at radius 2 is 1.67 bits per heavy atom. The number of benzene rings is 2. The molecule has 0 saturated heterocycles. The molecule has 8 nitrogen and oxygen atoms in total. The molecule has 1 heterocycles.